The minimum Gasteiger partial charge on any atom is -0.369 e. The molecule has 164 valence electrons. The Morgan fingerprint density at radius 2 is 1.70 bits per heavy atom. The summed E-state index contributed by atoms with van der Waals surface area (Å²) in [5.41, 5.74) is 13.2. The molecule has 2 aromatic rings. The number of nitrogens with two attached hydrogens (primary N) is 2. The molecule has 1 atom stereocenters. The van der Waals surface area contributed by atoms with Crippen molar-refractivity contribution in [2.75, 3.05) is 18.4 Å². The molecule has 6 nitrogen and oxygen atoms in total. The third-order valence-electron chi connectivity index (χ3n) is 5.43. The molecule has 2 amide bonds. The summed E-state index contributed by atoms with van der Waals surface area (Å²) >= 11 is 0. The van der Waals surface area contributed by atoms with E-state index < -0.39 is 5.54 Å². The van der Waals surface area contributed by atoms with Crippen LogP contribution in [0.5, 0.6) is 0 Å². The summed E-state index contributed by atoms with van der Waals surface area (Å²) in [4.78, 5) is 26.4. The molecule has 3 rings (SSSR count). The number of piperidine rings is 1. The average Bonchev–Trinajstić information content (AvgIpc) is 2.69. The van der Waals surface area contributed by atoms with Crippen LogP contribution in [0.3, 0.4) is 0 Å². The van der Waals surface area contributed by atoms with Crippen molar-refractivity contribution in [3.63, 3.8) is 0 Å². The molecule has 2 aromatic carbocycles. The number of halogens is 2. The molecule has 0 aliphatic carbocycles. The van der Waals surface area contributed by atoms with Gasteiger partial charge in [-0.05, 0) is 56.1 Å². The van der Waals surface area contributed by atoms with Gasteiger partial charge in [0, 0.05) is 18.2 Å². The van der Waals surface area contributed by atoms with E-state index in [2.05, 4.69) is 10.2 Å². The first kappa shape index (κ1) is 25.9. The van der Waals surface area contributed by atoms with Crippen molar-refractivity contribution in [2.45, 2.75) is 31.8 Å². The number of rotatable bonds is 6. The van der Waals surface area contributed by atoms with Crippen LogP contribution in [0.1, 0.15) is 30.9 Å². The molecule has 1 aliphatic heterocycles. The Hall–Kier alpha value is -2.12. The first-order valence-electron chi connectivity index (χ1n) is 9.63. The number of likely N-dealkylation sites (tertiary alicyclic amines) is 1. The maximum absolute atomic E-state index is 12.7. The lowest BCUT2D eigenvalue weighted by Gasteiger charge is -2.30. The molecule has 1 aliphatic rings. The van der Waals surface area contributed by atoms with Crippen LogP contribution in [-0.4, -0.2) is 29.8 Å². The number of nitrogens with zero attached hydrogens (tertiary/aromatic N) is 1. The lowest BCUT2D eigenvalue weighted by molar-refractivity contribution is -0.123. The molecule has 0 radical (unpaired) electrons. The highest BCUT2D eigenvalue weighted by molar-refractivity contribution is 5.98. The highest BCUT2D eigenvalue weighted by Crippen LogP contribution is 2.22. The van der Waals surface area contributed by atoms with E-state index in [0.29, 0.717) is 0 Å². The Morgan fingerprint density at radius 3 is 2.30 bits per heavy atom. The van der Waals surface area contributed by atoms with Crippen LogP contribution in [0.4, 0.5) is 5.69 Å². The van der Waals surface area contributed by atoms with Gasteiger partial charge in [-0.1, -0.05) is 42.5 Å². The van der Waals surface area contributed by atoms with Crippen LogP contribution in [0.15, 0.2) is 54.6 Å². The molecule has 30 heavy (non-hydrogen) atoms. The van der Waals surface area contributed by atoms with Gasteiger partial charge in [-0.25, -0.2) is 0 Å². The highest BCUT2D eigenvalue weighted by Gasteiger charge is 2.30. The van der Waals surface area contributed by atoms with Gasteiger partial charge < -0.3 is 16.8 Å². The fourth-order valence-electron chi connectivity index (χ4n) is 3.56. The summed E-state index contributed by atoms with van der Waals surface area (Å²) < 4.78 is 0. The van der Waals surface area contributed by atoms with Crippen LogP contribution in [-0.2, 0) is 21.7 Å². The summed E-state index contributed by atoms with van der Waals surface area (Å²) in [7, 11) is 0. The van der Waals surface area contributed by atoms with Gasteiger partial charge in [0.1, 0.15) is 5.54 Å². The standard InChI is InChI=1S/C22H28N4O2.2ClH/c1-22(24,18-7-3-2-4-8-18)21(28)25-19-9-5-6-16(14-19)15-26-12-10-17(11-13-26)20(23)27;;/h2-9,14,17H,10-13,15,24H2,1H3,(H2,23,27)(H,25,28);2*1H. The third kappa shape index (κ3) is 6.44. The van der Waals surface area contributed by atoms with Gasteiger partial charge in [-0.15, -0.1) is 24.8 Å². The quantitative estimate of drug-likeness (QED) is 0.626. The van der Waals surface area contributed by atoms with E-state index in [-0.39, 0.29) is 42.5 Å². The average molecular weight is 453 g/mol. The zero-order valence-electron chi connectivity index (χ0n) is 17.0. The topological polar surface area (TPSA) is 101 Å². The number of anilines is 1. The van der Waals surface area contributed by atoms with Crippen molar-refractivity contribution in [3.8, 4) is 0 Å². The summed E-state index contributed by atoms with van der Waals surface area (Å²) in [5, 5.41) is 2.94. The first-order chi connectivity index (χ1) is 13.4. The maximum Gasteiger partial charge on any atom is 0.248 e. The Balaban J connectivity index is 0.00000225. The van der Waals surface area contributed by atoms with Crippen LogP contribution in [0, 0.1) is 5.92 Å². The van der Waals surface area contributed by atoms with Crippen LogP contribution in [0.25, 0.3) is 0 Å². The van der Waals surface area contributed by atoms with Crippen LogP contribution in [0.2, 0.25) is 0 Å². The molecule has 1 unspecified atom stereocenters. The number of benzene rings is 2. The molecular weight excluding hydrogens is 423 g/mol. The molecule has 0 spiro atoms. The molecule has 1 heterocycles. The van der Waals surface area contributed by atoms with Gasteiger partial charge in [0.05, 0.1) is 0 Å². The summed E-state index contributed by atoms with van der Waals surface area (Å²) in [6, 6.07) is 17.1. The van der Waals surface area contributed by atoms with Gasteiger partial charge in [-0.2, -0.15) is 0 Å². The Morgan fingerprint density at radius 1 is 1.07 bits per heavy atom. The highest BCUT2D eigenvalue weighted by atomic mass is 35.5. The van der Waals surface area contributed by atoms with E-state index in [0.717, 1.165) is 49.3 Å². The number of carbonyl (C=O) groups is 2. The van der Waals surface area contributed by atoms with Gasteiger partial charge in [0.15, 0.2) is 0 Å². The molecule has 1 saturated heterocycles. The van der Waals surface area contributed by atoms with Crippen molar-refractivity contribution in [1.82, 2.24) is 4.90 Å². The second kappa shape index (κ2) is 11.3. The number of hydrogen-bond donors (Lipinski definition) is 3. The summed E-state index contributed by atoms with van der Waals surface area (Å²) in [5.74, 6) is -0.465. The van der Waals surface area contributed by atoms with E-state index in [1.54, 1.807) is 6.92 Å². The van der Waals surface area contributed by atoms with Crippen molar-refractivity contribution < 1.29 is 9.59 Å². The first-order valence-corrected chi connectivity index (χ1v) is 9.63. The Labute approximate surface area is 190 Å². The van der Waals surface area contributed by atoms with Gasteiger partial charge in [-0.3, -0.25) is 14.5 Å². The SMILES string of the molecule is CC(N)(C(=O)Nc1cccc(CN2CCC(C(N)=O)CC2)c1)c1ccccc1.Cl.Cl. The van der Waals surface area contributed by atoms with Crippen LogP contribution >= 0.6 is 24.8 Å². The molecule has 8 heteroatoms. The predicted octanol–water partition coefficient (Wildman–Crippen LogP) is 3.04. The van der Waals surface area contributed by atoms with Crippen molar-refractivity contribution in [1.29, 1.82) is 0 Å². The van der Waals surface area contributed by atoms with E-state index >= 15 is 0 Å². The molecule has 0 saturated carbocycles. The Kier molecular flexibility index (Phi) is 9.78. The monoisotopic (exact) mass is 452 g/mol. The number of hydrogen-bond acceptors (Lipinski definition) is 4. The largest absolute Gasteiger partial charge is 0.369 e. The molecule has 5 N–H and O–H groups in total. The van der Waals surface area contributed by atoms with Crippen molar-refractivity contribution in [3.05, 3.63) is 65.7 Å². The lowest BCUT2D eigenvalue weighted by Crippen LogP contribution is -2.45. The van der Waals surface area contributed by atoms with E-state index in [1.807, 2.05) is 54.6 Å². The fraction of sp³-hybridized carbons (Fsp3) is 0.364. The zero-order valence-corrected chi connectivity index (χ0v) is 18.7. The third-order valence-corrected chi connectivity index (χ3v) is 5.43. The second-order valence-corrected chi connectivity index (χ2v) is 7.68. The minimum absolute atomic E-state index is 0. The minimum atomic E-state index is -1.12. The van der Waals surface area contributed by atoms with Gasteiger partial charge in [0.25, 0.3) is 0 Å². The lowest BCUT2D eigenvalue weighted by atomic mass is 9.92. The fourth-order valence-corrected chi connectivity index (χ4v) is 3.56. The summed E-state index contributed by atoms with van der Waals surface area (Å²) in [6.45, 7) is 4.18. The predicted molar refractivity (Wildman–Crippen MR) is 125 cm³/mol. The Bertz CT molecular complexity index is 838. The van der Waals surface area contributed by atoms with Crippen molar-refractivity contribution in [2.24, 2.45) is 17.4 Å². The number of carbonyl (C=O) groups excluding carboxylic acids is 2. The molecule has 1 fully saturated rings. The normalized spacial score (nSPS) is 16.5. The second-order valence-electron chi connectivity index (χ2n) is 7.68. The number of nitrogens with one attached hydrogen (secondary N) is 1. The number of amides is 2. The molecular formula is C22H30Cl2N4O2. The molecule has 0 bridgehead atoms. The van der Waals surface area contributed by atoms with Gasteiger partial charge in [0.2, 0.25) is 11.8 Å². The van der Waals surface area contributed by atoms with Gasteiger partial charge >= 0.3 is 0 Å². The zero-order chi connectivity index (χ0) is 20.1. The molecule has 0 aromatic heterocycles. The smallest absolute Gasteiger partial charge is 0.248 e. The van der Waals surface area contributed by atoms with E-state index in [9.17, 15) is 9.59 Å². The van der Waals surface area contributed by atoms with Crippen LogP contribution < -0.4 is 16.8 Å². The number of primary amides is 1. The maximum atomic E-state index is 12.7. The summed E-state index contributed by atoms with van der Waals surface area (Å²) in [6.07, 6.45) is 1.60. The van der Waals surface area contributed by atoms with Crippen molar-refractivity contribution >= 4 is 42.3 Å². The van der Waals surface area contributed by atoms with E-state index in [1.165, 1.54) is 0 Å². The van der Waals surface area contributed by atoms with E-state index in [4.69, 9.17) is 11.5 Å².